The van der Waals surface area contributed by atoms with E-state index in [1.807, 2.05) is 6.07 Å². The summed E-state index contributed by atoms with van der Waals surface area (Å²) in [5.41, 5.74) is 1.59. The average molecular weight is 296 g/mol. The van der Waals surface area contributed by atoms with Crippen LogP contribution in [0.5, 0.6) is 0 Å². The molecule has 2 rings (SSSR count). The molecule has 0 aliphatic heterocycles. The van der Waals surface area contributed by atoms with Crippen LogP contribution in [-0.2, 0) is 10.0 Å². The molecule has 0 radical (unpaired) electrons. The maximum Gasteiger partial charge on any atom is 0.238 e. The third kappa shape index (κ3) is 3.96. The second kappa shape index (κ2) is 6.59. The second-order valence-electron chi connectivity index (χ2n) is 5.71. The average Bonchev–Trinajstić information content (AvgIpc) is 2.64. The molecule has 1 aliphatic carbocycles. The highest BCUT2D eigenvalue weighted by Crippen LogP contribution is 2.25. The molecule has 0 aromatic heterocycles. The third-order valence-electron chi connectivity index (χ3n) is 4.15. The van der Waals surface area contributed by atoms with Crippen molar-refractivity contribution in [1.82, 2.24) is 0 Å². The summed E-state index contributed by atoms with van der Waals surface area (Å²) in [5, 5.41) is 8.63. The van der Waals surface area contributed by atoms with Crippen LogP contribution in [0.3, 0.4) is 0 Å². The summed E-state index contributed by atoms with van der Waals surface area (Å²) in [7, 11) is -3.65. The minimum absolute atomic E-state index is 0.211. The minimum Gasteiger partial charge on any atom is -0.385 e. The lowest BCUT2D eigenvalue weighted by molar-refractivity contribution is 0.483. The van der Waals surface area contributed by atoms with Gasteiger partial charge in [0.1, 0.15) is 0 Å². The number of sulfonamides is 1. The molecule has 20 heavy (non-hydrogen) atoms. The first-order valence-electron chi connectivity index (χ1n) is 7.35. The number of benzene rings is 1. The van der Waals surface area contributed by atoms with Crippen LogP contribution in [0.1, 0.15) is 44.1 Å². The van der Waals surface area contributed by atoms with Crippen molar-refractivity contribution in [2.45, 2.75) is 50.3 Å². The van der Waals surface area contributed by atoms with Gasteiger partial charge in [0, 0.05) is 12.2 Å². The Labute approximate surface area is 121 Å². The summed E-state index contributed by atoms with van der Waals surface area (Å²) >= 11 is 0. The summed E-state index contributed by atoms with van der Waals surface area (Å²) in [6, 6.07) is 5.21. The van der Waals surface area contributed by atoms with Crippen LogP contribution in [0.4, 0.5) is 5.69 Å². The first-order chi connectivity index (χ1) is 9.48. The maximum absolute atomic E-state index is 11.5. The quantitative estimate of drug-likeness (QED) is 0.839. The van der Waals surface area contributed by atoms with E-state index in [1.165, 1.54) is 38.5 Å². The minimum atomic E-state index is -3.65. The van der Waals surface area contributed by atoms with Gasteiger partial charge in [-0.3, -0.25) is 0 Å². The van der Waals surface area contributed by atoms with Crippen molar-refractivity contribution >= 4 is 15.7 Å². The Morgan fingerprint density at radius 2 is 1.85 bits per heavy atom. The van der Waals surface area contributed by atoms with Gasteiger partial charge in [-0.1, -0.05) is 31.7 Å². The lowest BCUT2D eigenvalue weighted by Crippen LogP contribution is -2.17. The molecule has 112 valence electrons. The highest BCUT2D eigenvalue weighted by Gasteiger charge is 2.15. The molecule has 1 aromatic rings. The Bertz CT molecular complexity index is 547. The van der Waals surface area contributed by atoms with E-state index in [4.69, 9.17) is 5.14 Å². The highest BCUT2D eigenvalue weighted by atomic mass is 32.2. The van der Waals surface area contributed by atoms with Crippen LogP contribution >= 0.6 is 0 Å². The van der Waals surface area contributed by atoms with Crippen LogP contribution in [0.2, 0.25) is 0 Å². The number of rotatable bonds is 4. The fourth-order valence-corrected chi connectivity index (χ4v) is 3.74. The number of nitrogens with one attached hydrogen (secondary N) is 1. The molecule has 4 nitrogen and oxygen atoms in total. The van der Waals surface area contributed by atoms with Crippen LogP contribution in [0.25, 0.3) is 0 Å². The lowest BCUT2D eigenvalue weighted by Gasteiger charge is -2.18. The summed E-state index contributed by atoms with van der Waals surface area (Å²) in [5.74, 6) is 0.690. The standard InChI is InChI=1S/C15H24N2O2S/c1-12-14(9-6-10-15(12)20(16,18)19)17-11-13-7-4-2-3-5-8-13/h6,9-10,13,17H,2-5,7-8,11H2,1H3,(H2,16,18,19). The van der Waals surface area contributed by atoms with Crippen molar-refractivity contribution in [3.8, 4) is 0 Å². The normalized spacial score (nSPS) is 17.7. The molecule has 0 unspecified atom stereocenters. The Morgan fingerprint density at radius 3 is 2.45 bits per heavy atom. The van der Waals surface area contributed by atoms with Crippen LogP contribution in [-0.4, -0.2) is 15.0 Å². The van der Waals surface area contributed by atoms with Crippen molar-refractivity contribution in [2.75, 3.05) is 11.9 Å². The monoisotopic (exact) mass is 296 g/mol. The first-order valence-corrected chi connectivity index (χ1v) is 8.89. The van der Waals surface area contributed by atoms with E-state index in [0.29, 0.717) is 11.5 Å². The number of hydrogen-bond acceptors (Lipinski definition) is 3. The molecule has 0 bridgehead atoms. The van der Waals surface area contributed by atoms with Gasteiger partial charge in [-0.25, -0.2) is 13.6 Å². The lowest BCUT2D eigenvalue weighted by atomic mass is 10.0. The Balaban J connectivity index is 2.06. The molecule has 1 aromatic carbocycles. The van der Waals surface area contributed by atoms with E-state index < -0.39 is 10.0 Å². The smallest absolute Gasteiger partial charge is 0.238 e. The van der Waals surface area contributed by atoms with Crippen LogP contribution in [0.15, 0.2) is 23.1 Å². The molecule has 1 aliphatic rings. The zero-order valence-electron chi connectivity index (χ0n) is 12.1. The molecule has 3 N–H and O–H groups in total. The number of hydrogen-bond donors (Lipinski definition) is 2. The fourth-order valence-electron chi connectivity index (χ4n) is 2.94. The Kier molecular flexibility index (Phi) is 5.05. The fraction of sp³-hybridized carbons (Fsp3) is 0.600. The Morgan fingerprint density at radius 1 is 1.20 bits per heavy atom. The first kappa shape index (κ1) is 15.3. The Hall–Kier alpha value is -1.07. The number of nitrogens with two attached hydrogens (primary N) is 1. The van der Waals surface area contributed by atoms with Gasteiger partial charge in [0.2, 0.25) is 10.0 Å². The predicted molar refractivity (Wildman–Crippen MR) is 82.2 cm³/mol. The molecule has 0 spiro atoms. The molecular formula is C15H24N2O2S. The molecular weight excluding hydrogens is 272 g/mol. The molecule has 0 amide bonds. The van der Waals surface area contributed by atoms with Crippen LogP contribution in [0, 0.1) is 12.8 Å². The van der Waals surface area contributed by atoms with E-state index in [-0.39, 0.29) is 4.90 Å². The topological polar surface area (TPSA) is 72.2 Å². The third-order valence-corrected chi connectivity index (χ3v) is 5.20. The zero-order valence-corrected chi connectivity index (χ0v) is 12.9. The zero-order chi connectivity index (χ0) is 14.6. The van der Waals surface area contributed by atoms with Gasteiger partial charge in [-0.05, 0) is 43.4 Å². The summed E-state index contributed by atoms with van der Waals surface area (Å²) in [6.45, 7) is 2.71. The number of primary sulfonamides is 1. The summed E-state index contributed by atoms with van der Waals surface area (Å²) < 4.78 is 23.0. The predicted octanol–water partition coefficient (Wildman–Crippen LogP) is 3.02. The van der Waals surface area contributed by atoms with Crippen molar-refractivity contribution in [3.63, 3.8) is 0 Å². The molecule has 5 heteroatoms. The van der Waals surface area contributed by atoms with Gasteiger partial charge >= 0.3 is 0 Å². The van der Waals surface area contributed by atoms with Crippen molar-refractivity contribution in [2.24, 2.45) is 11.1 Å². The highest BCUT2D eigenvalue weighted by molar-refractivity contribution is 7.89. The van der Waals surface area contributed by atoms with Gasteiger partial charge in [-0.15, -0.1) is 0 Å². The molecule has 0 saturated heterocycles. The van der Waals surface area contributed by atoms with E-state index in [2.05, 4.69) is 5.32 Å². The SMILES string of the molecule is Cc1c(NCC2CCCCCC2)cccc1S(N)(=O)=O. The largest absolute Gasteiger partial charge is 0.385 e. The van der Waals surface area contributed by atoms with E-state index in [0.717, 1.165) is 12.2 Å². The van der Waals surface area contributed by atoms with Crippen molar-refractivity contribution in [1.29, 1.82) is 0 Å². The molecule has 0 heterocycles. The van der Waals surface area contributed by atoms with Crippen molar-refractivity contribution in [3.05, 3.63) is 23.8 Å². The summed E-state index contributed by atoms with van der Waals surface area (Å²) in [4.78, 5) is 0.211. The van der Waals surface area contributed by atoms with Gasteiger partial charge in [0.05, 0.1) is 4.90 Å². The van der Waals surface area contributed by atoms with E-state index in [9.17, 15) is 8.42 Å². The van der Waals surface area contributed by atoms with E-state index in [1.54, 1.807) is 19.1 Å². The van der Waals surface area contributed by atoms with Crippen molar-refractivity contribution < 1.29 is 8.42 Å². The summed E-state index contributed by atoms with van der Waals surface area (Å²) in [6.07, 6.45) is 7.83. The van der Waals surface area contributed by atoms with Gasteiger partial charge in [-0.2, -0.15) is 0 Å². The van der Waals surface area contributed by atoms with Gasteiger partial charge in [0.25, 0.3) is 0 Å². The van der Waals surface area contributed by atoms with E-state index >= 15 is 0 Å². The molecule has 1 fully saturated rings. The van der Waals surface area contributed by atoms with Crippen LogP contribution < -0.4 is 10.5 Å². The van der Waals surface area contributed by atoms with Gasteiger partial charge < -0.3 is 5.32 Å². The molecule has 0 atom stereocenters. The van der Waals surface area contributed by atoms with Gasteiger partial charge in [0.15, 0.2) is 0 Å². The molecule has 1 saturated carbocycles. The maximum atomic E-state index is 11.5. The number of anilines is 1. The second-order valence-corrected chi connectivity index (χ2v) is 7.24.